The number of rotatable bonds is 5. The molecule has 0 aliphatic carbocycles. The lowest BCUT2D eigenvalue weighted by Crippen LogP contribution is -2.44. The summed E-state index contributed by atoms with van der Waals surface area (Å²) in [4.78, 5) is 20.5. The fourth-order valence-electron chi connectivity index (χ4n) is 0.682. The quantitative estimate of drug-likeness (QED) is 0.582. The van der Waals surface area contributed by atoms with Crippen molar-refractivity contribution >= 4 is 14.0 Å². The zero-order valence-electron chi connectivity index (χ0n) is 6.82. The molecule has 2 atom stereocenters. The fraction of sp³-hybridized carbons (Fsp3) is 0.833. The van der Waals surface area contributed by atoms with Crippen LogP contribution < -0.4 is 10.6 Å². The molecule has 3 N–H and O–H groups in total. The average molecular weight is 193 g/mol. The van der Waals surface area contributed by atoms with Gasteiger partial charge in [-0.25, -0.2) is 0 Å². The van der Waals surface area contributed by atoms with Crippen LogP contribution in [-0.4, -0.2) is 22.8 Å². The number of hydrogen-bond acceptors (Lipinski definition) is 4. The predicted molar refractivity (Wildman–Crippen MR) is 41.9 cm³/mol. The van der Waals surface area contributed by atoms with Gasteiger partial charge in [0, 0.05) is 0 Å². The minimum atomic E-state index is -2.42. The van der Waals surface area contributed by atoms with Crippen molar-refractivity contribution in [1.29, 1.82) is 0 Å². The smallest absolute Gasteiger partial charge is 0.323 e. The molecular formula is C6H12NO4P. The summed E-state index contributed by atoms with van der Waals surface area (Å²) in [6.07, 6.45) is 0.457. The van der Waals surface area contributed by atoms with Gasteiger partial charge < -0.3 is 15.7 Å². The molecule has 0 heterocycles. The van der Waals surface area contributed by atoms with Crippen LogP contribution in [0.5, 0.6) is 0 Å². The third-order valence-electron chi connectivity index (χ3n) is 1.53. The molecule has 0 aromatic carbocycles. The van der Waals surface area contributed by atoms with E-state index in [0.29, 0.717) is 0 Å². The van der Waals surface area contributed by atoms with E-state index < -0.39 is 19.5 Å². The van der Waals surface area contributed by atoms with Crippen LogP contribution in [0.2, 0.25) is 0 Å². The summed E-state index contributed by atoms with van der Waals surface area (Å²) >= 11 is 0. The molecule has 6 heteroatoms. The van der Waals surface area contributed by atoms with E-state index in [0.717, 1.165) is 0 Å². The van der Waals surface area contributed by atoms with Gasteiger partial charge in [-0.15, -0.1) is 0 Å². The van der Waals surface area contributed by atoms with E-state index in [1.54, 1.807) is 0 Å². The van der Waals surface area contributed by atoms with Crippen molar-refractivity contribution in [3.8, 4) is 0 Å². The van der Waals surface area contributed by atoms with Crippen LogP contribution in [0.3, 0.4) is 0 Å². The maximum absolute atomic E-state index is 10.4. The largest absolute Gasteiger partial charge is 0.596 e. The van der Waals surface area contributed by atoms with Gasteiger partial charge in [-0.05, 0) is 19.8 Å². The van der Waals surface area contributed by atoms with Gasteiger partial charge in [-0.2, -0.15) is 0 Å². The zero-order valence-corrected chi connectivity index (χ0v) is 7.71. The number of aliphatic carboxylic acids is 1. The highest BCUT2D eigenvalue weighted by molar-refractivity contribution is 7.36. The SMILES string of the molecule is CC(N)(CCC[P+](=O)[O-])C(=O)O. The molecule has 12 heavy (non-hydrogen) atoms. The number of hydrogen-bond donors (Lipinski definition) is 2. The van der Waals surface area contributed by atoms with E-state index in [1.165, 1.54) is 6.92 Å². The second kappa shape index (κ2) is 4.50. The molecule has 0 aliphatic rings. The molecule has 0 aliphatic heterocycles. The Hall–Kier alpha value is -0.510. The van der Waals surface area contributed by atoms with Gasteiger partial charge in [-0.1, -0.05) is 4.57 Å². The molecule has 5 nitrogen and oxygen atoms in total. The van der Waals surface area contributed by atoms with Gasteiger partial charge in [0.2, 0.25) is 0 Å². The molecule has 0 aromatic heterocycles. The van der Waals surface area contributed by atoms with Crippen LogP contribution in [-0.2, 0) is 9.36 Å². The highest BCUT2D eigenvalue weighted by Crippen LogP contribution is 2.15. The molecule has 0 saturated heterocycles. The Morgan fingerprint density at radius 1 is 1.75 bits per heavy atom. The van der Waals surface area contributed by atoms with Crippen molar-refractivity contribution in [3.63, 3.8) is 0 Å². The van der Waals surface area contributed by atoms with Gasteiger partial charge in [0.05, 0.1) is 0 Å². The molecule has 0 fully saturated rings. The van der Waals surface area contributed by atoms with Gasteiger partial charge in [-0.3, -0.25) is 4.79 Å². The molecule has 70 valence electrons. The first-order valence-electron chi connectivity index (χ1n) is 3.50. The fourth-order valence-corrected chi connectivity index (χ4v) is 1.10. The highest BCUT2D eigenvalue weighted by Gasteiger charge is 2.27. The lowest BCUT2D eigenvalue weighted by molar-refractivity contribution is -0.164. The van der Waals surface area contributed by atoms with E-state index in [4.69, 9.17) is 10.8 Å². The minimum Gasteiger partial charge on any atom is -0.596 e. The highest BCUT2D eigenvalue weighted by atomic mass is 31.1. The summed E-state index contributed by atoms with van der Waals surface area (Å²) in [5.41, 5.74) is 4.04. The van der Waals surface area contributed by atoms with Crippen LogP contribution in [0.4, 0.5) is 0 Å². The van der Waals surface area contributed by atoms with Crippen LogP contribution in [0.25, 0.3) is 0 Å². The zero-order chi connectivity index (χ0) is 9.78. The Kier molecular flexibility index (Phi) is 4.31. The van der Waals surface area contributed by atoms with Crippen LogP contribution in [0, 0.1) is 0 Å². The van der Waals surface area contributed by atoms with Crippen molar-refractivity contribution in [3.05, 3.63) is 0 Å². The van der Waals surface area contributed by atoms with Crippen molar-refractivity contribution in [1.82, 2.24) is 0 Å². The molecule has 0 radical (unpaired) electrons. The molecule has 0 amide bonds. The average Bonchev–Trinajstić information content (AvgIpc) is 1.85. The van der Waals surface area contributed by atoms with Crippen molar-refractivity contribution < 1.29 is 19.4 Å². The third kappa shape index (κ3) is 4.38. The monoisotopic (exact) mass is 193 g/mol. The van der Waals surface area contributed by atoms with E-state index >= 15 is 0 Å². The number of carboxylic acid groups (broad SMARTS) is 1. The Bertz CT molecular complexity index is 192. The Morgan fingerprint density at radius 3 is 2.58 bits per heavy atom. The van der Waals surface area contributed by atoms with Crippen LogP contribution in [0.15, 0.2) is 0 Å². The maximum Gasteiger partial charge on any atom is 0.323 e. The molecule has 0 bridgehead atoms. The van der Waals surface area contributed by atoms with Gasteiger partial charge in [0.1, 0.15) is 11.7 Å². The summed E-state index contributed by atoms with van der Waals surface area (Å²) in [7, 11) is -2.42. The topological polar surface area (TPSA) is 103 Å². The maximum atomic E-state index is 10.4. The third-order valence-corrected chi connectivity index (χ3v) is 2.21. The lowest BCUT2D eigenvalue weighted by Gasteiger charge is -2.17. The summed E-state index contributed by atoms with van der Waals surface area (Å²) in [5.74, 6) is -1.11. The standard InChI is InChI=1S/C6H12NO4P/c1-6(7,5(8)9)3-2-4-12(10)11/h2-4,7H2,1H3,(H,8,9). The van der Waals surface area contributed by atoms with Gasteiger partial charge >= 0.3 is 14.0 Å². The number of carboxylic acids is 1. The second-order valence-electron chi connectivity index (χ2n) is 2.88. The summed E-state index contributed by atoms with van der Waals surface area (Å²) in [6.45, 7) is 1.37. The van der Waals surface area contributed by atoms with Gasteiger partial charge in [0.25, 0.3) is 0 Å². The minimum absolute atomic E-state index is 0.00456. The van der Waals surface area contributed by atoms with E-state index in [1.807, 2.05) is 0 Å². The summed E-state index contributed by atoms with van der Waals surface area (Å²) < 4.78 is 10.1. The van der Waals surface area contributed by atoms with Crippen LogP contribution in [0.1, 0.15) is 19.8 Å². The molecule has 0 saturated carbocycles. The van der Waals surface area contributed by atoms with Gasteiger partial charge in [0.15, 0.2) is 0 Å². The van der Waals surface area contributed by atoms with E-state index in [9.17, 15) is 14.3 Å². The normalized spacial score (nSPS) is 16.8. The summed E-state index contributed by atoms with van der Waals surface area (Å²) in [5, 5.41) is 8.53. The molecule has 2 unspecified atom stereocenters. The molecule has 0 rings (SSSR count). The molecular weight excluding hydrogens is 181 g/mol. The lowest BCUT2D eigenvalue weighted by atomic mass is 9.98. The first kappa shape index (κ1) is 11.5. The molecule has 0 aromatic rings. The second-order valence-corrected chi connectivity index (χ2v) is 4.00. The Balaban J connectivity index is 3.76. The summed E-state index contributed by atoms with van der Waals surface area (Å²) in [6, 6.07) is 0. The molecule has 0 spiro atoms. The van der Waals surface area contributed by atoms with E-state index in [-0.39, 0.29) is 19.0 Å². The first-order chi connectivity index (χ1) is 5.36. The predicted octanol–water partition coefficient (Wildman–Crippen LogP) is -0.329. The Labute approximate surface area is 71.4 Å². The van der Waals surface area contributed by atoms with Crippen molar-refractivity contribution in [2.45, 2.75) is 25.3 Å². The van der Waals surface area contributed by atoms with Crippen molar-refractivity contribution in [2.24, 2.45) is 5.73 Å². The Morgan fingerprint density at radius 2 is 2.25 bits per heavy atom. The first-order valence-corrected chi connectivity index (χ1v) is 4.86. The van der Waals surface area contributed by atoms with Crippen molar-refractivity contribution in [2.75, 3.05) is 6.16 Å². The van der Waals surface area contributed by atoms with E-state index in [2.05, 4.69) is 0 Å². The number of carbonyl (C=O) groups is 1. The van der Waals surface area contributed by atoms with Crippen LogP contribution >= 0.6 is 8.03 Å². The number of nitrogens with two attached hydrogens (primary N) is 1.